The van der Waals surface area contributed by atoms with Crippen LogP contribution in [-0.4, -0.2) is 25.3 Å². The molecule has 0 aromatic carbocycles. The quantitative estimate of drug-likeness (QED) is 0.767. The first kappa shape index (κ1) is 15.0. The number of hydrogen-bond acceptors (Lipinski definition) is 2. The van der Waals surface area contributed by atoms with Gasteiger partial charge in [-0.3, -0.25) is 0 Å². The van der Waals surface area contributed by atoms with Gasteiger partial charge in [0.2, 0.25) is 0 Å². The highest BCUT2D eigenvalue weighted by atomic mass is 16.5. The summed E-state index contributed by atoms with van der Waals surface area (Å²) >= 11 is 0. The van der Waals surface area contributed by atoms with Gasteiger partial charge in [-0.2, -0.15) is 0 Å². The van der Waals surface area contributed by atoms with Crippen molar-refractivity contribution >= 4 is 0 Å². The van der Waals surface area contributed by atoms with Crippen LogP contribution in [0.15, 0.2) is 0 Å². The van der Waals surface area contributed by atoms with Crippen LogP contribution in [0, 0.1) is 10.8 Å². The maximum absolute atomic E-state index is 5.82. The van der Waals surface area contributed by atoms with Gasteiger partial charge in [0.15, 0.2) is 0 Å². The summed E-state index contributed by atoms with van der Waals surface area (Å²) in [4.78, 5) is 0. The van der Waals surface area contributed by atoms with Crippen LogP contribution >= 0.6 is 0 Å². The lowest BCUT2D eigenvalue weighted by molar-refractivity contribution is -0.125. The summed E-state index contributed by atoms with van der Waals surface area (Å²) in [7, 11) is 0. The van der Waals surface area contributed by atoms with Crippen molar-refractivity contribution in [2.75, 3.05) is 13.2 Å². The lowest BCUT2D eigenvalue weighted by Gasteiger charge is -2.54. The van der Waals surface area contributed by atoms with E-state index in [4.69, 9.17) is 4.74 Å². The van der Waals surface area contributed by atoms with Crippen molar-refractivity contribution in [2.24, 2.45) is 10.8 Å². The van der Waals surface area contributed by atoms with E-state index in [9.17, 15) is 0 Å². The minimum atomic E-state index is 0.341. The summed E-state index contributed by atoms with van der Waals surface area (Å²) in [6.45, 7) is 15.6. The normalized spacial score (nSPS) is 33.5. The molecule has 1 aliphatic carbocycles. The van der Waals surface area contributed by atoms with E-state index in [1.807, 2.05) is 0 Å². The number of ether oxygens (including phenoxy) is 1. The molecule has 0 aromatic rings. The molecule has 1 saturated carbocycles. The van der Waals surface area contributed by atoms with Crippen LogP contribution in [0.4, 0.5) is 0 Å². The van der Waals surface area contributed by atoms with Crippen LogP contribution in [0.5, 0.6) is 0 Å². The Hall–Kier alpha value is -0.0800. The summed E-state index contributed by atoms with van der Waals surface area (Å²) < 4.78 is 5.82. The Kier molecular flexibility index (Phi) is 5.03. The van der Waals surface area contributed by atoms with Gasteiger partial charge < -0.3 is 10.1 Å². The summed E-state index contributed by atoms with van der Waals surface area (Å²) in [6.07, 6.45) is 4.08. The van der Waals surface area contributed by atoms with E-state index in [1.54, 1.807) is 0 Å². The van der Waals surface area contributed by atoms with Gasteiger partial charge in [0.1, 0.15) is 0 Å². The Balaban J connectivity index is 2.36. The SMILES string of the molecule is CCOC1CC(NCCC(C)(C)C)C1(C)CC. The monoisotopic (exact) mass is 241 g/mol. The highest BCUT2D eigenvalue weighted by Crippen LogP contribution is 2.45. The van der Waals surface area contributed by atoms with Crippen molar-refractivity contribution < 1.29 is 4.74 Å². The lowest BCUT2D eigenvalue weighted by atomic mass is 9.61. The summed E-state index contributed by atoms with van der Waals surface area (Å²) in [5.74, 6) is 0. The van der Waals surface area contributed by atoms with E-state index >= 15 is 0 Å². The fraction of sp³-hybridized carbons (Fsp3) is 1.00. The van der Waals surface area contributed by atoms with Crippen molar-refractivity contribution in [2.45, 2.75) is 73.0 Å². The predicted molar refractivity (Wildman–Crippen MR) is 74.3 cm³/mol. The molecule has 17 heavy (non-hydrogen) atoms. The van der Waals surface area contributed by atoms with Gasteiger partial charge in [-0.15, -0.1) is 0 Å². The lowest BCUT2D eigenvalue weighted by Crippen LogP contribution is -2.62. The van der Waals surface area contributed by atoms with Crippen LogP contribution in [0.3, 0.4) is 0 Å². The van der Waals surface area contributed by atoms with Crippen LogP contribution in [-0.2, 0) is 4.74 Å². The fourth-order valence-electron chi connectivity index (χ4n) is 2.69. The summed E-state index contributed by atoms with van der Waals surface area (Å²) in [5, 5.41) is 3.73. The van der Waals surface area contributed by atoms with Crippen molar-refractivity contribution in [3.05, 3.63) is 0 Å². The van der Waals surface area contributed by atoms with E-state index in [0.29, 0.717) is 23.0 Å². The van der Waals surface area contributed by atoms with Gasteiger partial charge >= 0.3 is 0 Å². The molecule has 0 heterocycles. The van der Waals surface area contributed by atoms with Crippen molar-refractivity contribution in [3.63, 3.8) is 0 Å². The molecule has 0 bridgehead atoms. The molecule has 0 saturated heterocycles. The molecule has 102 valence electrons. The maximum atomic E-state index is 5.82. The molecule has 3 atom stereocenters. The zero-order valence-electron chi connectivity index (χ0n) is 12.6. The standard InChI is InChI=1S/C15H31NO/c1-7-15(6)12(11-13(15)17-8-2)16-10-9-14(3,4)5/h12-13,16H,7-11H2,1-6H3. The molecular weight excluding hydrogens is 210 g/mol. The van der Waals surface area contributed by atoms with Crippen LogP contribution < -0.4 is 5.32 Å². The van der Waals surface area contributed by atoms with Gasteiger partial charge in [-0.1, -0.05) is 34.6 Å². The van der Waals surface area contributed by atoms with Crippen LogP contribution in [0.25, 0.3) is 0 Å². The minimum absolute atomic E-state index is 0.341. The van der Waals surface area contributed by atoms with Crippen molar-refractivity contribution in [1.29, 1.82) is 0 Å². The smallest absolute Gasteiger partial charge is 0.0658 e. The highest BCUT2D eigenvalue weighted by Gasteiger charge is 2.50. The van der Waals surface area contributed by atoms with Gasteiger partial charge in [0, 0.05) is 18.1 Å². The molecular formula is C15H31NO. The zero-order valence-corrected chi connectivity index (χ0v) is 12.6. The fourth-order valence-corrected chi connectivity index (χ4v) is 2.69. The Morgan fingerprint density at radius 3 is 2.41 bits per heavy atom. The summed E-state index contributed by atoms with van der Waals surface area (Å²) in [6, 6.07) is 0.645. The molecule has 2 nitrogen and oxygen atoms in total. The Labute approximate surface area is 108 Å². The van der Waals surface area contributed by atoms with Gasteiger partial charge in [0.25, 0.3) is 0 Å². The van der Waals surface area contributed by atoms with Crippen LogP contribution in [0.2, 0.25) is 0 Å². The average Bonchev–Trinajstić information content (AvgIpc) is 2.24. The van der Waals surface area contributed by atoms with Crippen molar-refractivity contribution in [3.8, 4) is 0 Å². The molecule has 0 aliphatic heterocycles. The number of nitrogens with one attached hydrogen (secondary N) is 1. The molecule has 0 amide bonds. The molecule has 3 unspecified atom stereocenters. The first-order valence-electron chi connectivity index (χ1n) is 7.18. The first-order chi connectivity index (χ1) is 7.83. The number of hydrogen-bond donors (Lipinski definition) is 1. The molecule has 2 heteroatoms. The Morgan fingerprint density at radius 2 is 1.94 bits per heavy atom. The third kappa shape index (κ3) is 3.69. The Morgan fingerprint density at radius 1 is 1.29 bits per heavy atom. The molecule has 1 aliphatic rings. The zero-order chi connectivity index (χ0) is 13.1. The topological polar surface area (TPSA) is 21.3 Å². The average molecular weight is 241 g/mol. The molecule has 0 aromatic heterocycles. The van der Waals surface area contributed by atoms with Gasteiger partial charge in [-0.25, -0.2) is 0 Å². The Bertz CT molecular complexity index is 234. The second-order valence-electron chi connectivity index (χ2n) is 6.86. The van der Waals surface area contributed by atoms with Gasteiger partial charge in [-0.05, 0) is 38.1 Å². The molecule has 0 radical (unpaired) electrons. The number of rotatable bonds is 6. The molecule has 1 N–H and O–H groups in total. The molecule has 1 rings (SSSR count). The summed E-state index contributed by atoms with van der Waals surface area (Å²) in [5.41, 5.74) is 0.770. The third-order valence-corrected chi connectivity index (χ3v) is 4.38. The molecule has 1 fully saturated rings. The molecule has 0 spiro atoms. The van der Waals surface area contributed by atoms with E-state index in [0.717, 1.165) is 13.2 Å². The van der Waals surface area contributed by atoms with E-state index in [-0.39, 0.29) is 0 Å². The third-order valence-electron chi connectivity index (χ3n) is 4.38. The largest absolute Gasteiger partial charge is 0.378 e. The van der Waals surface area contributed by atoms with E-state index in [1.165, 1.54) is 19.3 Å². The maximum Gasteiger partial charge on any atom is 0.0658 e. The minimum Gasteiger partial charge on any atom is -0.378 e. The second-order valence-corrected chi connectivity index (χ2v) is 6.86. The first-order valence-corrected chi connectivity index (χ1v) is 7.18. The van der Waals surface area contributed by atoms with Gasteiger partial charge in [0.05, 0.1) is 6.10 Å². The second kappa shape index (κ2) is 5.71. The van der Waals surface area contributed by atoms with Crippen LogP contribution in [0.1, 0.15) is 60.8 Å². The van der Waals surface area contributed by atoms with E-state index in [2.05, 4.69) is 46.9 Å². The highest BCUT2D eigenvalue weighted by molar-refractivity contribution is 5.04. The predicted octanol–water partition coefficient (Wildman–Crippen LogP) is 3.61. The van der Waals surface area contributed by atoms with E-state index < -0.39 is 0 Å². The van der Waals surface area contributed by atoms with Crippen molar-refractivity contribution in [1.82, 2.24) is 5.32 Å².